The number of nitrogens with zero attached hydrogens (tertiary/aromatic N) is 2. The van der Waals surface area contributed by atoms with E-state index in [0.29, 0.717) is 5.15 Å². The molecule has 0 saturated heterocycles. The summed E-state index contributed by atoms with van der Waals surface area (Å²) in [6.07, 6.45) is 3.45. The molecule has 0 atom stereocenters. The summed E-state index contributed by atoms with van der Waals surface area (Å²) in [5.74, 6) is -0.0434. The molecule has 0 aliphatic carbocycles. The maximum Gasteiger partial charge on any atom is 0.174 e. The Balaban J connectivity index is 2.71. The zero-order valence-electron chi connectivity index (χ0n) is 7.96. The monoisotopic (exact) mass is 212 g/mol. The van der Waals surface area contributed by atoms with E-state index < -0.39 is 0 Å². The summed E-state index contributed by atoms with van der Waals surface area (Å²) in [6.45, 7) is 4.03. The molecular weight excluding hydrogens is 203 g/mol. The summed E-state index contributed by atoms with van der Waals surface area (Å²) in [6, 6.07) is 1.50. The highest BCUT2D eigenvalue weighted by Crippen LogP contribution is 2.20. The van der Waals surface area contributed by atoms with Gasteiger partial charge in [-0.05, 0) is 17.5 Å². The van der Waals surface area contributed by atoms with Crippen LogP contribution >= 0.6 is 11.6 Å². The summed E-state index contributed by atoms with van der Waals surface area (Å²) in [7, 11) is 0. The van der Waals surface area contributed by atoms with Gasteiger partial charge in [-0.15, -0.1) is 0 Å². The van der Waals surface area contributed by atoms with Crippen LogP contribution in [0.15, 0.2) is 18.5 Å². The zero-order valence-corrected chi connectivity index (χ0v) is 8.72. The Morgan fingerprint density at radius 3 is 2.79 bits per heavy atom. The predicted molar refractivity (Wildman–Crippen MR) is 54.2 cm³/mol. The van der Waals surface area contributed by atoms with Gasteiger partial charge in [0.1, 0.15) is 5.15 Å². The first kappa shape index (κ1) is 9.46. The fourth-order valence-electron chi connectivity index (χ4n) is 1.36. The molecule has 2 rings (SSSR count). The molecule has 74 valence electrons. The molecule has 0 fully saturated rings. The van der Waals surface area contributed by atoms with Crippen LogP contribution in [-0.4, -0.2) is 9.38 Å². The second-order valence-electron chi connectivity index (χ2n) is 3.57. The molecule has 2 aromatic heterocycles. The highest BCUT2D eigenvalue weighted by molar-refractivity contribution is 6.29. The number of hydrogen-bond donors (Lipinski definition) is 0. The van der Waals surface area contributed by atoms with Crippen molar-refractivity contribution in [2.75, 3.05) is 0 Å². The third kappa shape index (κ3) is 1.48. The van der Waals surface area contributed by atoms with Gasteiger partial charge >= 0.3 is 0 Å². The van der Waals surface area contributed by atoms with E-state index in [0.717, 1.165) is 5.56 Å². The molecule has 0 aliphatic heterocycles. The third-order valence-corrected chi connectivity index (χ3v) is 2.35. The van der Waals surface area contributed by atoms with Gasteiger partial charge in [0.15, 0.2) is 11.5 Å². The van der Waals surface area contributed by atoms with E-state index in [1.165, 1.54) is 6.07 Å². The molecule has 0 radical (unpaired) electrons. The fraction of sp³-hybridized carbons (Fsp3) is 0.300. The first-order valence-corrected chi connectivity index (χ1v) is 4.79. The molecular formula is C10H10ClFN2. The lowest BCUT2D eigenvalue weighted by molar-refractivity contribution is 0.624. The zero-order chi connectivity index (χ0) is 10.3. The maximum atomic E-state index is 13.5. The van der Waals surface area contributed by atoms with Crippen molar-refractivity contribution in [3.8, 4) is 0 Å². The Labute approximate surface area is 86.3 Å². The van der Waals surface area contributed by atoms with Crippen molar-refractivity contribution < 1.29 is 4.39 Å². The molecule has 0 amide bonds. The van der Waals surface area contributed by atoms with Crippen LogP contribution in [0.4, 0.5) is 4.39 Å². The number of hydrogen-bond acceptors (Lipinski definition) is 1. The Hall–Kier alpha value is -1.09. The number of fused-ring (bicyclic) bond motifs is 1. The Bertz CT molecular complexity index is 476. The second-order valence-corrected chi connectivity index (χ2v) is 3.96. The Morgan fingerprint density at radius 2 is 2.14 bits per heavy atom. The minimum absolute atomic E-state index is 0.277. The summed E-state index contributed by atoms with van der Waals surface area (Å²) in [5.41, 5.74) is 1.21. The van der Waals surface area contributed by atoms with Crippen molar-refractivity contribution in [2.45, 2.75) is 19.8 Å². The summed E-state index contributed by atoms with van der Waals surface area (Å²) < 4.78 is 15.1. The maximum absolute atomic E-state index is 13.5. The van der Waals surface area contributed by atoms with Gasteiger partial charge in [0.05, 0.1) is 0 Å². The van der Waals surface area contributed by atoms with Crippen molar-refractivity contribution in [1.29, 1.82) is 0 Å². The second kappa shape index (κ2) is 3.24. The normalized spacial score (nSPS) is 11.5. The highest BCUT2D eigenvalue weighted by atomic mass is 35.5. The van der Waals surface area contributed by atoms with E-state index in [-0.39, 0.29) is 17.4 Å². The number of halogens is 2. The Morgan fingerprint density at radius 1 is 1.43 bits per heavy atom. The minimum atomic E-state index is -0.330. The third-order valence-electron chi connectivity index (χ3n) is 2.16. The van der Waals surface area contributed by atoms with Crippen LogP contribution < -0.4 is 0 Å². The van der Waals surface area contributed by atoms with Gasteiger partial charge in [-0.1, -0.05) is 25.4 Å². The van der Waals surface area contributed by atoms with Crippen LogP contribution in [0.5, 0.6) is 0 Å². The lowest BCUT2D eigenvalue weighted by Crippen LogP contribution is -1.95. The minimum Gasteiger partial charge on any atom is -0.303 e. The molecule has 0 aromatic carbocycles. The van der Waals surface area contributed by atoms with E-state index in [1.54, 1.807) is 10.6 Å². The van der Waals surface area contributed by atoms with Gasteiger partial charge in [-0.2, -0.15) is 0 Å². The number of pyridine rings is 1. The average molecular weight is 213 g/mol. The number of rotatable bonds is 1. The van der Waals surface area contributed by atoms with Gasteiger partial charge < -0.3 is 4.40 Å². The molecule has 14 heavy (non-hydrogen) atoms. The van der Waals surface area contributed by atoms with Crippen LogP contribution in [-0.2, 0) is 0 Å². The molecule has 2 nitrogen and oxygen atoms in total. The van der Waals surface area contributed by atoms with E-state index in [2.05, 4.69) is 4.98 Å². The van der Waals surface area contributed by atoms with Crippen LogP contribution in [0.25, 0.3) is 5.65 Å². The van der Waals surface area contributed by atoms with Crippen molar-refractivity contribution in [3.63, 3.8) is 0 Å². The van der Waals surface area contributed by atoms with Crippen LogP contribution in [0.2, 0.25) is 5.15 Å². The molecule has 2 aromatic rings. The van der Waals surface area contributed by atoms with Gasteiger partial charge in [0.2, 0.25) is 0 Å². The summed E-state index contributed by atoms with van der Waals surface area (Å²) in [5, 5.41) is 0.310. The molecule has 0 unspecified atom stereocenters. The van der Waals surface area contributed by atoms with Crippen LogP contribution in [0.3, 0.4) is 0 Å². The van der Waals surface area contributed by atoms with Gasteiger partial charge in [0, 0.05) is 12.4 Å². The highest BCUT2D eigenvalue weighted by Gasteiger charge is 2.08. The molecule has 4 heteroatoms. The fourth-order valence-corrected chi connectivity index (χ4v) is 1.55. The van der Waals surface area contributed by atoms with Gasteiger partial charge in [-0.25, -0.2) is 9.37 Å². The van der Waals surface area contributed by atoms with Crippen LogP contribution in [0.1, 0.15) is 25.3 Å². The largest absolute Gasteiger partial charge is 0.303 e. The predicted octanol–water partition coefficient (Wildman–Crippen LogP) is 3.25. The van der Waals surface area contributed by atoms with E-state index in [9.17, 15) is 4.39 Å². The molecule has 2 heterocycles. The summed E-state index contributed by atoms with van der Waals surface area (Å²) in [4.78, 5) is 3.87. The molecule has 0 N–H and O–H groups in total. The first-order chi connectivity index (χ1) is 6.58. The van der Waals surface area contributed by atoms with Crippen molar-refractivity contribution in [1.82, 2.24) is 9.38 Å². The van der Waals surface area contributed by atoms with Crippen molar-refractivity contribution >= 4 is 17.2 Å². The topological polar surface area (TPSA) is 17.3 Å². The standard InChI is InChI=1S/C10H10ClFN2/c1-6(2)7-3-8(12)10-13-9(11)5-14(10)4-7/h3-6H,1-2H3. The molecule has 0 bridgehead atoms. The van der Waals surface area contributed by atoms with Crippen molar-refractivity contribution in [3.05, 3.63) is 35.0 Å². The number of aromatic nitrogens is 2. The number of imidazole rings is 1. The van der Waals surface area contributed by atoms with Gasteiger partial charge in [-0.3, -0.25) is 0 Å². The van der Waals surface area contributed by atoms with Crippen molar-refractivity contribution in [2.24, 2.45) is 0 Å². The SMILES string of the molecule is CC(C)c1cc(F)c2nc(Cl)cn2c1. The van der Waals surface area contributed by atoms with E-state index >= 15 is 0 Å². The Kier molecular flexibility index (Phi) is 2.19. The van der Waals surface area contributed by atoms with E-state index in [4.69, 9.17) is 11.6 Å². The quantitative estimate of drug-likeness (QED) is 0.709. The molecule has 0 aliphatic rings. The molecule has 0 saturated carbocycles. The summed E-state index contributed by atoms with van der Waals surface area (Å²) >= 11 is 5.69. The van der Waals surface area contributed by atoms with Gasteiger partial charge in [0.25, 0.3) is 0 Å². The molecule has 0 spiro atoms. The lowest BCUT2D eigenvalue weighted by Gasteiger charge is -2.05. The smallest absolute Gasteiger partial charge is 0.174 e. The lowest BCUT2D eigenvalue weighted by atomic mass is 10.1. The van der Waals surface area contributed by atoms with Crippen LogP contribution in [0, 0.1) is 5.82 Å². The first-order valence-electron chi connectivity index (χ1n) is 4.41. The van der Waals surface area contributed by atoms with E-state index in [1.807, 2.05) is 20.0 Å². The average Bonchev–Trinajstić information content (AvgIpc) is 2.45.